The van der Waals surface area contributed by atoms with Crippen LogP contribution in [0.4, 0.5) is 0 Å². The summed E-state index contributed by atoms with van der Waals surface area (Å²) in [6.07, 6.45) is 14.4. The number of hydrogen-bond acceptors (Lipinski definition) is 3. The minimum Gasteiger partial charge on any atom is -0.460 e. The normalized spacial score (nSPS) is 22.0. The van der Waals surface area contributed by atoms with Gasteiger partial charge in [0.2, 0.25) is 0 Å². The molecule has 21 heavy (non-hydrogen) atoms. The standard InChI is InChI=1S/C18H34O3/c1-4-5-6-7-8-9-10-11-12-13-14-16(2)21-17(19)18(3)15-20-18/h16H,4-15H2,1-3H3. The molecular formula is C18H34O3. The van der Waals surface area contributed by atoms with Gasteiger partial charge >= 0.3 is 5.97 Å². The van der Waals surface area contributed by atoms with E-state index in [0.29, 0.717) is 6.61 Å². The van der Waals surface area contributed by atoms with E-state index in [2.05, 4.69) is 6.92 Å². The van der Waals surface area contributed by atoms with Crippen molar-refractivity contribution in [1.29, 1.82) is 0 Å². The lowest BCUT2D eigenvalue weighted by Crippen LogP contribution is -2.27. The first-order valence-corrected chi connectivity index (χ1v) is 8.93. The highest BCUT2D eigenvalue weighted by atomic mass is 16.6. The van der Waals surface area contributed by atoms with Crippen molar-refractivity contribution in [1.82, 2.24) is 0 Å². The lowest BCUT2D eigenvalue weighted by Gasteiger charge is -2.14. The van der Waals surface area contributed by atoms with E-state index in [1.165, 1.54) is 57.8 Å². The van der Waals surface area contributed by atoms with Crippen LogP contribution in [0.2, 0.25) is 0 Å². The van der Waals surface area contributed by atoms with Crippen molar-refractivity contribution in [3.63, 3.8) is 0 Å². The molecule has 1 saturated heterocycles. The first-order valence-electron chi connectivity index (χ1n) is 8.93. The largest absolute Gasteiger partial charge is 0.460 e. The Morgan fingerprint density at radius 2 is 1.52 bits per heavy atom. The summed E-state index contributed by atoms with van der Waals surface area (Å²) in [5.41, 5.74) is -0.633. The number of unbranched alkanes of at least 4 members (excludes halogenated alkanes) is 9. The van der Waals surface area contributed by atoms with Crippen LogP contribution in [0.1, 0.15) is 91.4 Å². The molecule has 0 saturated carbocycles. The number of rotatable bonds is 13. The molecule has 1 aliphatic rings. The van der Waals surface area contributed by atoms with E-state index < -0.39 is 5.60 Å². The minimum atomic E-state index is -0.633. The third-order valence-electron chi connectivity index (χ3n) is 4.28. The fourth-order valence-corrected chi connectivity index (χ4v) is 2.51. The van der Waals surface area contributed by atoms with Crippen molar-refractivity contribution in [3.8, 4) is 0 Å². The Morgan fingerprint density at radius 3 is 2.00 bits per heavy atom. The van der Waals surface area contributed by atoms with Crippen LogP contribution in [0.25, 0.3) is 0 Å². The monoisotopic (exact) mass is 298 g/mol. The predicted octanol–water partition coefficient (Wildman–Crippen LogP) is 5.02. The number of esters is 1. The summed E-state index contributed by atoms with van der Waals surface area (Å²) in [5, 5.41) is 0. The maximum atomic E-state index is 11.7. The van der Waals surface area contributed by atoms with Crippen LogP contribution in [-0.4, -0.2) is 24.3 Å². The molecule has 0 aromatic rings. The average Bonchev–Trinajstić information content (AvgIpc) is 3.20. The smallest absolute Gasteiger partial charge is 0.340 e. The Bertz CT molecular complexity index is 284. The first-order chi connectivity index (χ1) is 10.1. The Balaban J connectivity index is 1.84. The maximum absolute atomic E-state index is 11.7. The van der Waals surface area contributed by atoms with Gasteiger partial charge in [0, 0.05) is 0 Å². The second-order valence-electron chi connectivity index (χ2n) is 6.71. The molecule has 1 aliphatic heterocycles. The number of epoxide rings is 1. The average molecular weight is 298 g/mol. The van der Waals surface area contributed by atoms with E-state index in [0.717, 1.165) is 12.8 Å². The molecule has 0 amide bonds. The molecule has 124 valence electrons. The summed E-state index contributed by atoms with van der Waals surface area (Å²) in [6.45, 7) is 6.55. The van der Waals surface area contributed by atoms with E-state index in [1.807, 2.05) is 6.92 Å². The molecule has 1 fully saturated rings. The maximum Gasteiger partial charge on any atom is 0.340 e. The highest BCUT2D eigenvalue weighted by molar-refractivity contribution is 5.81. The molecule has 2 unspecified atom stereocenters. The molecule has 0 aliphatic carbocycles. The highest BCUT2D eigenvalue weighted by Crippen LogP contribution is 2.28. The summed E-state index contributed by atoms with van der Waals surface area (Å²) in [6, 6.07) is 0. The molecule has 0 aromatic heterocycles. The first kappa shape index (κ1) is 18.5. The van der Waals surface area contributed by atoms with Crippen LogP contribution >= 0.6 is 0 Å². The van der Waals surface area contributed by atoms with Crippen molar-refractivity contribution < 1.29 is 14.3 Å². The molecule has 0 bridgehead atoms. The summed E-state index contributed by atoms with van der Waals surface area (Å²) in [5.74, 6) is -0.193. The number of carbonyl (C=O) groups excluding carboxylic acids is 1. The van der Waals surface area contributed by atoms with Crippen LogP contribution in [0.3, 0.4) is 0 Å². The van der Waals surface area contributed by atoms with Crippen molar-refractivity contribution >= 4 is 5.97 Å². The fraction of sp³-hybridized carbons (Fsp3) is 0.944. The topological polar surface area (TPSA) is 38.8 Å². The third kappa shape index (κ3) is 8.45. The molecule has 2 atom stereocenters. The highest BCUT2D eigenvalue weighted by Gasteiger charge is 2.49. The van der Waals surface area contributed by atoms with Crippen LogP contribution in [0, 0.1) is 0 Å². The van der Waals surface area contributed by atoms with Gasteiger partial charge in [-0.3, -0.25) is 0 Å². The number of carbonyl (C=O) groups is 1. The van der Waals surface area contributed by atoms with Gasteiger partial charge in [0.1, 0.15) is 0 Å². The summed E-state index contributed by atoms with van der Waals surface area (Å²) in [7, 11) is 0. The van der Waals surface area contributed by atoms with Gasteiger partial charge < -0.3 is 9.47 Å². The second-order valence-corrected chi connectivity index (χ2v) is 6.71. The zero-order valence-electron chi connectivity index (χ0n) is 14.3. The Kier molecular flexibility index (Phi) is 8.98. The minimum absolute atomic E-state index is 0.0209. The molecular weight excluding hydrogens is 264 g/mol. The van der Waals surface area contributed by atoms with Crippen molar-refractivity contribution in [2.45, 2.75) is 103 Å². The van der Waals surface area contributed by atoms with Gasteiger partial charge in [0.25, 0.3) is 0 Å². The summed E-state index contributed by atoms with van der Waals surface area (Å²) in [4.78, 5) is 11.7. The van der Waals surface area contributed by atoms with Gasteiger partial charge in [-0.05, 0) is 26.7 Å². The number of ether oxygens (including phenoxy) is 2. The van der Waals surface area contributed by atoms with Crippen LogP contribution in [-0.2, 0) is 14.3 Å². The van der Waals surface area contributed by atoms with Gasteiger partial charge in [0.15, 0.2) is 5.60 Å². The van der Waals surface area contributed by atoms with Gasteiger partial charge in [-0.2, -0.15) is 0 Å². The van der Waals surface area contributed by atoms with Crippen molar-refractivity contribution in [2.24, 2.45) is 0 Å². The zero-order valence-corrected chi connectivity index (χ0v) is 14.3. The zero-order chi connectivity index (χ0) is 15.6. The van der Waals surface area contributed by atoms with Crippen molar-refractivity contribution in [2.75, 3.05) is 6.61 Å². The lowest BCUT2D eigenvalue weighted by atomic mass is 10.0. The van der Waals surface area contributed by atoms with E-state index in [4.69, 9.17) is 9.47 Å². The summed E-state index contributed by atoms with van der Waals surface area (Å²) >= 11 is 0. The molecule has 1 heterocycles. The van der Waals surface area contributed by atoms with E-state index >= 15 is 0 Å². The number of hydrogen-bond donors (Lipinski definition) is 0. The SMILES string of the molecule is CCCCCCCCCCCCC(C)OC(=O)C1(C)CO1. The molecule has 3 heteroatoms. The fourth-order valence-electron chi connectivity index (χ4n) is 2.51. The van der Waals surface area contributed by atoms with E-state index in [1.54, 1.807) is 6.92 Å². The lowest BCUT2D eigenvalue weighted by molar-refractivity contribution is -0.154. The van der Waals surface area contributed by atoms with Gasteiger partial charge in [-0.25, -0.2) is 4.79 Å². The van der Waals surface area contributed by atoms with Crippen LogP contribution < -0.4 is 0 Å². The van der Waals surface area contributed by atoms with Gasteiger partial charge in [0.05, 0.1) is 12.7 Å². The van der Waals surface area contributed by atoms with E-state index in [-0.39, 0.29) is 12.1 Å². The van der Waals surface area contributed by atoms with Gasteiger partial charge in [-0.15, -0.1) is 0 Å². The molecule has 0 aromatic carbocycles. The second kappa shape index (κ2) is 10.2. The Hall–Kier alpha value is -0.570. The molecule has 1 rings (SSSR count). The Labute approximate surface area is 130 Å². The molecule has 0 spiro atoms. The quantitative estimate of drug-likeness (QED) is 0.272. The van der Waals surface area contributed by atoms with Crippen LogP contribution in [0.15, 0.2) is 0 Å². The molecule has 0 radical (unpaired) electrons. The third-order valence-corrected chi connectivity index (χ3v) is 4.28. The van der Waals surface area contributed by atoms with Gasteiger partial charge in [-0.1, -0.05) is 64.7 Å². The van der Waals surface area contributed by atoms with Crippen molar-refractivity contribution in [3.05, 3.63) is 0 Å². The predicted molar refractivity (Wildman–Crippen MR) is 86.4 cm³/mol. The summed E-state index contributed by atoms with van der Waals surface area (Å²) < 4.78 is 10.5. The van der Waals surface area contributed by atoms with E-state index in [9.17, 15) is 4.79 Å². The van der Waals surface area contributed by atoms with Crippen LogP contribution in [0.5, 0.6) is 0 Å². The molecule has 3 nitrogen and oxygen atoms in total. The Morgan fingerprint density at radius 1 is 1.05 bits per heavy atom. The molecule has 0 N–H and O–H groups in total.